The number of alkyl halides is 3. The first kappa shape index (κ1) is 29.9. The van der Waals surface area contributed by atoms with E-state index in [0.29, 0.717) is 49.8 Å². The lowest BCUT2D eigenvalue weighted by atomic mass is 9.87. The van der Waals surface area contributed by atoms with Crippen LogP contribution in [0.1, 0.15) is 56.5 Å². The van der Waals surface area contributed by atoms with Gasteiger partial charge in [-0.2, -0.15) is 13.2 Å². The van der Waals surface area contributed by atoms with Gasteiger partial charge >= 0.3 is 6.18 Å². The lowest BCUT2D eigenvalue weighted by molar-refractivity contribution is -0.138. The Labute approximate surface area is 225 Å². The van der Waals surface area contributed by atoms with Gasteiger partial charge in [0.05, 0.1) is 11.1 Å². The molecule has 0 aromatic heterocycles. The van der Waals surface area contributed by atoms with Crippen LogP contribution in [0.25, 0.3) is 0 Å². The van der Waals surface area contributed by atoms with Crippen LogP contribution >= 0.6 is 0 Å². The maximum absolute atomic E-state index is 14.2. The number of carbonyl (C=O) groups is 3. The van der Waals surface area contributed by atoms with Crippen LogP contribution in [0.3, 0.4) is 0 Å². The first-order valence-corrected chi connectivity index (χ1v) is 12.7. The molecular weight excluding hydrogens is 516 g/mol. The number of hydrogen-bond acceptors (Lipinski definition) is 4. The van der Waals surface area contributed by atoms with Gasteiger partial charge in [0, 0.05) is 44.0 Å². The molecule has 11 heteroatoms. The van der Waals surface area contributed by atoms with Gasteiger partial charge in [-0.25, -0.2) is 4.39 Å². The molecule has 212 valence electrons. The summed E-state index contributed by atoms with van der Waals surface area (Å²) in [5.74, 6) is -3.08. The molecule has 1 fully saturated rings. The first-order valence-electron chi connectivity index (χ1n) is 12.7. The average molecular weight is 551 g/mol. The van der Waals surface area contributed by atoms with Crippen molar-refractivity contribution in [3.8, 4) is 0 Å². The number of carbonyl (C=O) groups excluding carboxylic acids is 3. The summed E-state index contributed by atoms with van der Waals surface area (Å²) in [6.45, 7) is 7.75. The SMILES string of the molecule is CC(=O)Nc1ccc(N(C)C2(C)CCN(C(=O)[C@H](NC(=O)c3cc(C(F)(F)F)ccc3F)C(C)C)CC2)cc1. The summed E-state index contributed by atoms with van der Waals surface area (Å²) < 4.78 is 53.5. The predicted octanol–water partition coefficient (Wildman–Crippen LogP) is 5.07. The molecule has 1 saturated heterocycles. The fourth-order valence-electron chi connectivity index (χ4n) is 4.63. The Kier molecular flexibility index (Phi) is 8.92. The van der Waals surface area contributed by atoms with Crippen molar-refractivity contribution < 1.29 is 31.9 Å². The van der Waals surface area contributed by atoms with E-state index in [9.17, 15) is 31.9 Å². The molecule has 0 aliphatic carbocycles. The first-order chi connectivity index (χ1) is 18.1. The van der Waals surface area contributed by atoms with Gasteiger partial charge in [0.15, 0.2) is 0 Å². The number of halogens is 4. The quantitative estimate of drug-likeness (QED) is 0.472. The zero-order chi connectivity index (χ0) is 29.1. The van der Waals surface area contributed by atoms with Crippen molar-refractivity contribution in [2.24, 2.45) is 5.92 Å². The smallest absolute Gasteiger partial charge is 0.369 e. The maximum atomic E-state index is 14.2. The van der Waals surface area contributed by atoms with E-state index in [1.807, 2.05) is 31.3 Å². The van der Waals surface area contributed by atoms with Gasteiger partial charge in [-0.05, 0) is 68.1 Å². The van der Waals surface area contributed by atoms with Crippen molar-refractivity contribution in [3.63, 3.8) is 0 Å². The monoisotopic (exact) mass is 550 g/mol. The molecule has 0 unspecified atom stereocenters. The highest BCUT2D eigenvalue weighted by molar-refractivity contribution is 5.98. The molecule has 1 atom stereocenters. The third-order valence-electron chi connectivity index (χ3n) is 7.29. The van der Waals surface area contributed by atoms with Crippen molar-refractivity contribution in [1.82, 2.24) is 10.2 Å². The van der Waals surface area contributed by atoms with Crippen LogP contribution in [-0.2, 0) is 15.8 Å². The molecule has 0 bridgehead atoms. The number of likely N-dealkylation sites (tertiary alicyclic amines) is 1. The highest BCUT2D eigenvalue weighted by atomic mass is 19.4. The molecule has 1 aliphatic heterocycles. The number of nitrogens with one attached hydrogen (secondary N) is 2. The van der Waals surface area contributed by atoms with E-state index in [-0.39, 0.29) is 23.3 Å². The summed E-state index contributed by atoms with van der Waals surface area (Å²) in [5.41, 5.74) is -0.547. The third kappa shape index (κ3) is 7.07. The molecule has 1 aliphatic rings. The van der Waals surface area contributed by atoms with Gasteiger partial charge < -0.3 is 20.4 Å². The zero-order valence-corrected chi connectivity index (χ0v) is 22.7. The van der Waals surface area contributed by atoms with Crippen LogP contribution in [0, 0.1) is 11.7 Å². The summed E-state index contributed by atoms with van der Waals surface area (Å²) in [4.78, 5) is 41.2. The fraction of sp³-hybridized carbons (Fsp3) is 0.464. The van der Waals surface area contributed by atoms with Crippen LogP contribution in [0.5, 0.6) is 0 Å². The van der Waals surface area contributed by atoms with E-state index in [1.165, 1.54) is 6.92 Å². The number of hydrogen-bond donors (Lipinski definition) is 2. The highest BCUT2D eigenvalue weighted by Gasteiger charge is 2.38. The molecule has 39 heavy (non-hydrogen) atoms. The molecule has 7 nitrogen and oxygen atoms in total. The summed E-state index contributed by atoms with van der Waals surface area (Å²) in [6, 6.07) is 8.04. The van der Waals surface area contributed by atoms with Gasteiger partial charge in [0.25, 0.3) is 5.91 Å². The minimum absolute atomic E-state index is 0.157. The molecule has 1 heterocycles. The van der Waals surface area contributed by atoms with Crippen LogP contribution in [0.15, 0.2) is 42.5 Å². The molecular formula is C28H34F4N4O3. The lowest BCUT2D eigenvalue weighted by Gasteiger charge is -2.47. The number of amides is 3. The summed E-state index contributed by atoms with van der Waals surface area (Å²) in [6.07, 6.45) is -3.48. The standard InChI is InChI=1S/C28H34F4N4O3/c1-17(2)24(34-25(38)22-16-19(28(30,31)32)6-11-23(22)29)26(39)36-14-12-27(4,13-15-36)35(5)21-9-7-20(8-10-21)33-18(3)37/h6-11,16-17,24H,12-15H2,1-5H3,(H,33,37)(H,34,38)/t24-/m1/s1. The molecule has 2 N–H and O–H groups in total. The van der Waals surface area contributed by atoms with E-state index >= 15 is 0 Å². The zero-order valence-electron chi connectivity index (χ0n) is 22.7. The van der Waals surface area contributed by atoms with Crippen molar-refractivity contribution >= 4 is 29.1 Å². The normalized spacial score (nSPS) is 16.0. The second-order valence-electron chi connectivity index (χ2n) is 10.5. The minimum Gasteiger partial charge on any atom is -0.369 e. The van der Waals surface area contributed by atoms with Crippen LogP contribution in [0.4, 0.5) is 28.9 Å². The van der Waals surface area contributed by atoms with Gasteiger partial charge in [-0.1, -0.05) is 13.8 Å². The third-order valence-corrected chi connectivity index (χ3v) is 7.29. The van der Waals surface area contributed by atoms with E-state index in [4.69, 9.17) is 0 Å². The van der Waals surface area contributed by atoms with E-state index in [2.05, 4.69) is 22.5 Å². The van der Waals surface area contributed by atoms with Crippen LogP contribution < -0.4 is 15.5 Å². The average Bonchev–Trinajstić information content (AvgIpc) is 2.86. The largest absolute Gasteiger partial charge is 0.416 e. The van der Waals surface area contributed by atoms with Gasteiger partial charge in [-0.3, -0.25) is 14.4 Å². The molecule has 0 radical (unpaired) electrons. The molecule has 0 spiro atoms. The molecule has 0 saturated carbocycles. The highest BCUT2D eigenvalue weighted by Crippen LogP contribution is 2.33. The van der Waals surface area contributed by atoms with Gasteiger partial charge in [0.2, 0.25) is 11.8 Å². The number of anilines is 2. The van der Waals surface area contributed by atoms with E-state index in [1.54, 1.807) is 18.7 Å². The Morgan fingerprint density at radius 2 is 1.62 bits per heavy atom. The lowest BCUT2D eigenvalue weighted by Crippen LogP contribution is -2.57. The Hall–Kier alpha value is -3.63. The second kappa shape index (κ2) is 11.6. The summed E-state index contributed by atoms with van der Waals surface area (Å²) >= 11 is 0. The molecule has 3 amide bonds. The van der Waals surface area contributed by atoms with Crippen molar-refractivity contribution in [3.05, 3.63) is 59.4 Å². The number of nitrogens with zero attached hydrogens (tertiary/aromatic N) is 2. The molecule has 3 rings (SSSR count). The van der Waals surface area contributed by atoms with Crippen molar-refractivity contribution in [2.45, 2.75) is 58.3 Å². The van der Waals surface area contributed by atoms with Crippen LogP contribution in [0.2, 0.25) is 0 Å². The van der Waals surface area contributed by atoms with Crippen LogP contribution in [-0.4, -0.2) is 54.3 Å². The molecule has 2 aromatic rings. The maximum Gasteiger partial charge on any atom is 0.416 e. The number of rotatable bonds is 7. The number of piperidine rings is 1. The Morgan fingerprint density at radius 3 is 2.13 bits per heavy atom. The summed E-state index contributed by atoms with van der Waals surface area (Å²) in [7, 11) is 1.96. The molecule has 2 aromatic carbocycles. The van der Waals surface area contributed by atoms with E-state index < -0.39 is 35.1 Å². The summed E-state index contributed by atoms with van der Waals surface area (Å²) in [5, 5.41) is 5.19. The Balaban J connectivity index is 1.68. The van der Waals surface area contributed by atoms with Crippen molar-refractivity contribution in [1.29, 1.82) is 0 Å². The van der Waals surface area contributed by atoms with Gasteiger partial charge in [0.1, 0.15) is 11.9 Å². The second-order valence-corrected chi connectivity index (χ2v) is 10.5. The van der Waals surface area contributed by atoms with E-state index in [0.717, 1.165) is 5.69 Å². The minimum atomic E-state index is -4.74. The Bertz CT molecular complexity index is 1210. The van der Waals surface area contributed by atoms with Crippen molar-refractivity contribution in [2.75, 3.05) is 30.4 Å². The Morgan fingerprint density at radius 1 is 1.03 bits per heavy atom. The van der Waals surface area contributed by atoms with Gasteiger partial charge in [-0.15, -0.1) is 0 Å². The fourth-order valence-corrected chi connectivity index (χ4v) is 4.63. The topological polar surface area (TPSA) is 81.8 Å². The number of benzene rings is 2. The predicted molar refractivity (Wildman–Crippen MR) is 141 cm³/mol.